The maximum Gasteiger partial charge on any atom is 0.331 e. The molecule has 1 N–H and O–H groups in total. The number of hydrogen-bond donors (Lipinski definition) is 1. The van der Waals surface area contributed by atoms with E-state index in [2.05, 4.69) is 32.6 Å². The first-order valence-electron chi connectivity index (χ1n) is 6.26. The lowest BCUT2D eigenvalue weighted by molar-refractivity contribution is -0.133. The third-order valence-corrected chi connectivity index (χ3v) is 4.26. The Balaban J connectivity index is 2.32. The number of carbonyl (C=O) groups is 1. The van der Waals surface area contributed by atoms with Gasteiger partial charge in [-0.25, -0.2) is 4.79 Å². The predicted molar refractivity (Wildman–Crippen MR) is 68.6 cm³/mol. The summed E-state index contributed by atoms with van der Waals surface area (Å²) in [4.78, 5) is 11.1. The van der Waals surface area contributed by atoms with E-state index in [1.165, 1.54) is 11.1 Å². The van der Waals surface area contributed by atoms with Gasteiger partial charge >= 0.3 is 5.97 Å². The van der Waals surface area contributed by atoms with Crippen LogP contribution in [-0.4, -0.2) is 11.1 Å². The molecule has 0 radical (unpaired) electrons. The van der Waals surface area contributed by atoms with Crippen LogP contribution in [0, 0.1) is 17.8 Å². The van der Waals surface area contributed by atoms with E-state index in [-0.39, 0.29) is 5.92 Å². The van der Waals surface area contributed by atoms with Crippen molar-refractivity contribution in [2.45, 2.75) is 33.1 Å². The summed E-state index contributed by atoms with van der Waals surface area (Å²) in [6.07, 6.45) is 7.59. The molecule has 0 aromatic heterocycles. The van der Waals surface area contributed by atoms with E-state index in [4.69, 9.17) is 5.11 Å². The Bertz CT molecular complexity index is 415. The first-order chi connectivity index (χ1) is 8.00. The van der Waals surface area contributed by atoms with Crippen LogP contribution in [0.3, 0.4) is 0 Å². The van der Waals surface area contributed by atoms with Crippen LogP contribution in [0.15, 0.2) is 35.5 Å². The van der Waals surface area contributed by atoms with E-state index in [9.17, 15) is 4.79 Å². The van der Waals surface area contributed by atoms with Crippen molar-refractivity contribution in [3.63, 3.8) is 0 Å². The van der Waals surface area contributed by atoms with Crippen LogP contribution >= 0.6 is 0 Å². The van der Waals surface area contributed by atoms with Gasteiger partial charge in [-0.1, -0.05) is 29.9 Å². The second kappa shape index (κ2) is 4.52. The summed E-state index contributed by atoms with van der Waals surface area (Å²) < 4.78 is 0. The molecule has 2 heteroatoms. The molecule has 0 heterocycles. The SMILES string of the molecule is C=C(C(=O)O)[C@H]1CC=C(C)[C@H]2CCC(C)=C[C@@H]12. The molecule has 17 heavy (non-hydrogen) atoms. The lowest BCUT2D eigenvalue weighted by Gasteiger charge is -2.39. The summed E-state index contributed by atoms with van der Waals surface area (Å²) >= 11 is 0. The van der Waals surface area contributed by atoms with Crippen molar-refractivity contribution in [3.8, 4) is 0 Å². The van der Waals surface area contributed by atoms with Gasteiger partial charge in [-0.05, 0) is 44.9 Å². The molecule has 0 unspecified atom stereocenters. The predicted octanol–water partition coefficient (Wildman–Crippen LogP) is 3.57. The van der Waals surface area contributed by atoms with Crippen LogP contribution in [0.1, 0.15) is 33.1 Å². The lowest BCUT2D eigenvalue weighted by atomic mass is 9.65. The molecule has 2 aliphatic carbocycles. The van der Waals surface area contributed by atoms with Gasteiger partial charge in [0.25, 0.3) is 0 Å². The molecule has 0 aromatic rings. The average Bonchev–Trinajstić information content (AvgIpc) is 2.28. The number of aliphatic carboxylic acids is 1. The van der Waals surface area contributed by atoms with Gasteiger partial charge in [0.1, 0.15) is 0 Å². The van der Waals surface area contributed by atoms with E-state index in [0.29, 0.717) is 17.4 Å². The van der Waals surface area contributed by atoms with Gasteiger partial charge in [-0.15, -0.1) is 0 Å². The molecule has 3 atom stereocenters. The minimum absolute atomic E-state index is 0.0800. The van der Waals surface area contributed by atoms with Crippen molar-refractivity contribution in [1.82, 2.24) is 0 Å². The molecule has 0 spiro atoms. The average molecular weight is 232 g/mol. The Morgan fingerprint density at radius 2 is 2.18 bits per heavy atom. The maximum atomic E-state index is 11.1. The van der Waals surface area contributed by atoms with Gasteiger partial charge in [0.2, 0.25) is 0 Å². The number of fused-ring (bicyclic) bond motifs is 1. The zero-order chi connectivity index (χ0) is 12.6. The van der Waals surface area contributed by atoms with Crippen molar-refractivity contribution >= 4 is 5.97 Å². The second-order valence-electron chi connectivity index (χ2n) is 5.36. The van der Waals surface area contributed by atoms with Gasteiger partial charge in [0.15, 0.2) is 0 Å². The number of hydrogen-bond acceptors (Lipinski definition) is 1. The molecule has 92 valence electrons. The summed E-state index contributed by atoms with van der Waals surface area (Å²) in [5, 5.41) is 9.12. The smallest absolute Gasteiger partial charge is 0.331 e. The van der Waals surface area contributed by atoms with Crippen LogP contribution in [0.4, 0.5) is 0 Å². The Labute approximate surface area is 103 Å². The highest BCUT2D eigenvalue weighted by Crippen LogP contribution is 2.44. The molecule has 2 aliphatic rings. The van der Waals surface area contributed by atoms with Crippen molar-refractivity contribution in [2.75, 3.05) is 0 Å². The molecule has 0 aliphatic heterocycles. The van der Waals surface area contributed by atoms with E-state index in [1.54, 1.807) is 0 Å². The summed E-state index contributed by atoms with van der Waals surface area (Å²) in [5.41, 5.74) is 3.19. The zero-order valence-corrected chi connectivity index (χ0v) is 10.6. The maximum absolute atomic E-state index is 11.1. The summed E-state index contributed by atoms with van der Waals surface area (Å²) in [6, 6.07) is 0. The summed E-state index contributed by atoms with van der Waals surface area (Å²) in [6.45, 7) is 8.08. The van der Waals surface area contributed by atoms with Gasteiger partial charge < -0.3 is 5.11 Å². The van der Waals surface area contributed by atoms with Crippen LogP contribution in [0.5, 0.6) is 0 Å². The van der Waals surface area contributed by atoms with Crippen molar-refractivity contribution in [1.29, 1.82) is 0 Å². The highest BCUT2D eigenvalue weighted by Gasteiger charge is 2.36. The number of carboxylic acid groups (broad SMARTS) is 1. The Morgan fingerprint density at radius 1 is 1.47 bits per heavy atom. The molecular weight excluding hydrogens is 212 g/mol. The largest absolute Gasteiger partial charge is 0.478 e. The molecule has 0 fully saturated rings. The fourth-order valence-electron chi connectivity index (χ4n) is 3.19. The normalized spacial score (nSPS) is 32.2. The van der Waals surface area contributed by atoms with Crippen molar-refractivity contribution in [2.24, 2.45) is 17.8 Å². The molecule has 0 aromatic carbocycles. The Morgan fingerprint density at radius 3 is 2.82 bits per heavy atom. The molecule has 0 bridgehead atoms. The number of carboxylic acids is 1. The third kappa shape index (κ3) is 2.21. The van der Waals surface area contributed by atoms with Crippen LogP contribution in [-0.2, 0) is 4.79 Å². The Hall–Kier alpha value is -1.31. The molecule has 0 amide bonds. The molecule has 2 nitrogen and oxygen atoms in total. The van der Waals surface area contributed by atoms with Crippen LogP contribution in [0.2, 0.25) is 0 Å². The van der Waals surface area contributed by atoms with Gasteiger partial charge in [0.05, 0.1) is 0 Å². The van der Waals surface area contributed by atoms with E-state index in [1.807, 2.05) is 0 Å². The van der Waals surface area contributed by atoms with Crippen molar-refractivity contribution in [3.05, 3.63) is 35.5 Å². The van der Waals surface area contributed by atoms with Crippen molar-refractivity contribution < 1.29 is 9.90 Å². The highest BCUT2D eigenvalue weighted by molar-refractivity contribution is 5.86. The minimum Gasteiger partial charge on any atom is -0.478 e. The lowest BCUT2D eigenvalue weighted by Crippen LogP contribution is -2.31. The number of allylic oxidation sites excluding steroid dienone is 4. The van der Waals surface area contributed by atoms with E-state index >= 15 is 0 Å². The third-order valence-electron chi connectivity index (χ3n) is 4.26. The topological polar surface area (TPSA) is 37.3 Å². The molecular formula is C15H20O2. The van der Waals surface area contributed by atoms with Crippen LogP contribution in [0.25, 0.3) is 0 Å². The number of rotatable bonds is 2. The fourth-order valence-corrected chi connectivity index (χ4v) is 3.19. The Kier molecular flexibility index (Phi) is 3.23. The van der Waals surface area contributed by atoms with Gasteiger partial charge in [-0.3, -0.25) is 0 Å². The minimum atomic E-state index is -0.849. The fraction of sp³-hybridized carbons (Fsp3) is 0.533. The van der Waals surface area contributed by atoms with Gasteiger partial charge in [0, 0.05) is 11.5 Å². The standard InChI is InChI=1S/C15H20O2/c1-9-4-6-12-10(2)5-7-13(14(12)8-9)11(3)15(16)17/h5,8,12-14H,3-4,6-7H2,1-2H3,(H,16,17)/t12-,13-,14-/m1/s1. The first kappa shape index (κ1) is 12.2. The molecule has 2 rings (SSSR count). The van der Waals surface area contributed by atoms with E-state index in [0.717, 1.165) is 19.3 Å². The summed E-state index contributed by atoms with van der Waals surface area (Å²) in [5.74, 6) is 0.0979. The highest BCUT2D eigenvalue weighted by atomic mass is 16.4. The molecule has 0 saturated carbocycles. The van der Waals surface area contributed by atoms with Gasteiger partial charge in [-0.2, -0.15) is 0 Å². The zero-order valence-electron chi connectivity index (χ0n) is 10.6. The van der Waals surface area contributed by atoms with E-state index < -0.39 is 5.97 Å². The van der Waals surface area contributed by atoms with Crippen LogP contribution < -0.4 is 0 Å². The monoisotopic (exact) mass is 232 g/mol. The summed E-state index contributed by atoms with van der Waals surface area (Å²) in [7, 11) is 0. The molecule has 0 saturated heterocycles. The second-order valence-corrected chi connectivity index (χ2v) is 5.36. The first-order valence-corrected chi connectivity index (χ1v) is 6.26. The quantitative estimate of drug-likeness (QED) is 0.584.